The highest BCUT2D eigenvalue weighted by Gasteiger charge is 2.13. The van der Waals surface area contributed by atoms with Gasteiger partial charge in [0, 0.05) is 28.8 Å². The Balaban J connectivity index is 1.77. The number of rotatable bonds is 4. The average molecular weight is 394 g/mol. The number of aromatic nitrogens is 1. The molecule has 0 aliphatic rings. The minimum absolute atomic E-state index is 0.284. The summed E-state index contributed by atoms with van der Waals surface area (Å²) >= 11 is 5.99. The summed E-state index contributed by atoms with van der Waals surface area (Å²) in [5.41, 5.74) is 5.01. The van der Waals surface area contributed by atoms with Gasteiger partial charge in [-0.15, -0.1) is 0 Å². The number of amides is 2. The Labute approximate surface area is 168 Å². The molecule has 28 heavy (non-hydrogen) atoms. The van der Waals surface area contributed by atoms with Crippen LogP contribution < -0.4 is 10.6 Å². The van der Waals surface area contributed by atoms with Crippen molar-refractivity contribution in [2.75, 3.05) is 10.6 Å². The molecule has 0 saturated heterocycles. The van der Waals surface area contributed by atoms with E-state index in [-0.39, 0.29) is 17.4 Å². The summed E-state index contributed by atoms with van der Waals surface area (Å²) < 4.78 is 0. The molecule has 0 atom stereocenters. The molecule has 142 valence electrons. The molecule has 1 heterocycles. The molecule has 3 aromatic rings. The SMILES string of the molecule is Cc1ccc(NC(=O)c2cncc(C(=O)Nc3cc(Cl)ccc3C)c2)cc1C. The number of nitrogens with one attached hydrogen (secondary N) is 2. The molecule has 0 fully saturated rings. The Morgan fingerprint density at radius 3 is 2.11 bits per heavy atom. The fourth-order valence-electron chi connectivity index (χ4n) is 2.63. The van der Waals surface area contributed by atoms with Gasteiger partial charge in [0.05, 0.1) is 11.1 Å². The van der Waals surface area contributed by atoms with E-state index in [1.165, 1.54) is 18.5 Å². The fraction of sp³-hybridized carbons (Fsp3) is 0.136. The Morgan fingerprint density at radius 1 is 0.786 bits per heavy atom. The van der Waals surface area contributed by atoms with Gasteiger partial charge in [0.2, 0.25) is 0 Å². The zero-order chi connectivity index (χ0) is 20.3. The first kappa shape index (κ1) is 19.6. The van der Waals surface area contributed by atoms with Crippen LogP contribution >= 0.6 is 11.6 Å². The topological polar surface area (TPSA) is 71.1 Å². The summed E-state index contributed by atoms with van der Waals surface area (Å²) in [6.07, 6.45) is 2.85. The van der Waals surface area contributed by atoms with Crippen molar-refractivity contribution in [3.63, 3.8) is 0 Å². The van der Waals surface area contributed by atoms with E-state index in [0.29, 0.717) is 22.0 Å². The number of nitrogens with zero attached hydrogens (tertiary/aromatic N) is 1. The Morgan fingerprint density at radius 2 is 1.43 bits per heavy atom. The first-order chi connectivity index (χ1) is 13.3. The number of anilines is 2. The van der Waals surface area contributed by atoms with Crippen LogP contribution in [0.25, 0.3) is 0 Å². The Bertz CT molecular complexity index is 1060. The first-order valence-corrected chi connectivity index (χ1v) is 9.12. The molecule has 5 nitrogen and oxygen atoms in total. The molecule has 6 heteroatoms. The average Bonchev–Trinajstić information content (AvgIpc) is 2.67. The van der Waals surface area contributed by atoms with Gasteiger partial charge in [-0.25, -0.2) is 0 Å². The number of carbonyl (C=O) groups excluding carboxylic acids is 2. The molecular formula is C22H20ClN3O2. The van der Waals surface area contributed by atoms with Gasteiger partial charge in [-0.3, -0.25) is 14.6 Å². The molecule has 0 radical (unpaired) electrons. The standard InChI is InChI=1S/C22H20ClN3O2/c1-13-5-7-19(8-15(13)3)25-21(27)16-9-17(12-24-11-16)22(28)26-20-10-18(23)6-4-14(20)2/h4-12H,1-3H3,(H,25,27)(H,26,28). The number of pyridine rings is 1. The van der Waals surface area contributed by atoms with Gasteiger partial charge >= 0.3 is 0 Å². The van der Waals surface area contributed by atoms with Gasteiger partial charge in [0.15, 0.2) is 0 Å². The van der Waals surface area contributed by atoms with Crippen LogP contribution in [0, 0.1) is 20.8 Å². The van der Waals surface area contributed by atoms with Crippen LogP contribution in [-0.2, 0) is 0 Å². The maximum Gasteiger partial charge on any atom is 0.257 e. The number of halogens is 1. The smallest absolute Gasteiger partial charge is 0.257 e. The van der Waals surface area contributed by atoms with Crippen LogP contribution in [0.4, 0.5) is 11.4 Å². The van der Waals surface area contributed by atoms with Crippen molar-refractivity contribution in [2.45, 2.75) is 20.8 Å². The van der Waals surface area contributed by atoms with Gasteiger partial charge in [0.25, 0.3) is 11.8 Å². The maximum atomic E-state index is 12.6. The highest BCUT2D eigenvalue weighted by Crippen LogP contribution is 2.21. The Kier molecular flexibility index (Phi) is 5.76. The Hall–Kier alpha value is -3.18. The summed E-state index contributed by atoms with van der Waals surface area (Å²) in [4.78, 5) is 29.1. The second-order valence-corrected chi connectivity index (χ2v) is 7.07. The van der Waals surface area contributed by atoms with Crippen molar-refractivity contribution in [1.29, 1.82) is 0 Å². The van der Waals surface area contributed by atoms with Crippen LogP contribution in [0.2, 0.25) is 5.02 Å². The van der Waals surface area contributed by atoms with Gasteiger partial charge < -0.3 is 10.6 Å². The summed E-state index contributed by atoms with van der Waals surface area (Å²) in [5, 5.41) is 6.16. The van der Waals surface area contributed by atoms with Crippen molar-refractivity contribution in [1.82, 2.24) is 4.98 Å². The number of carbonyl (C=O) groups is 2. The van der Waals surface area contributed by atoms with Crippen molar-refractivity contribution < 1.29 is 9.59 Å². The maximum absolute atomic E-state index is 12.6. The van der Waals surface area contributed by atoms with Crippen molar-refractivity contribution >= 4 is 34.8 Å². The molecule has 1 aromatic heterocycles. The van der Waals surface area contributed by atoms with Crippen LogP contribution in [-0.4, -0.2) is 16.8 Å². The summed E-state index contributed by atoms with van der Waals surface area (Å²) in [6.45, 7) is 5.86. The van der Waals surface area contributed by atoms with Crippen LogP contribution in [0.15, 0.2) is 54.9 Å². The second kappa shape index (κ2) is 8.23. The number of hydrogen-bond donors (Lipinski definition) is 2. The molecule has 0 aliphatic carbocycles. The summed E-state index contributed by atoms with van der Waals surface area (Å²) in [5.74, 6) is -0.692. The predicted molar refractivity (Wildman–Crippen MR) is 112 cm³/mol. The highest BCUT2D eigenvalue weighted by molar-refractivity contribution is 6.31. The number of aryl methyl sites for hydroxylation is 3. The third-order valence-corrected chi connectivity index (χ3v) is 4.71. The summed E-state index contributed by atoms with van der Waals surface area (Å²) in [7, 11) is 0. The van der Waals surface area contributed by atoms with Gasteiger partial charge in [-0.1, -0.05) is 23.7 Å². The molecule has 0 unspecified atom stereocenters. The zero-order valence-corrected chi connectivity index (χ0v) is 16.6. The van der Waals surface area contributed by atoms with Crippen molar-refractivity contribution in [3.05, 3.63) is 87.7 Å². The second-order valence-electron chi connectivity index (χ2n) is 6.63. The third kappa shape index (κ3) is 4.56. The molecule has 0 spiro atoms. The largest absolute Gasteiger partial charge is 0.322 e. The van der Waals surface area contributed by atoms with E-state index in [9.17, 15) is 9.59 Å². The highest BCUT2D eigenvalue weighted by atomic mass is 35.5. The van der Waals surface area contributed by atoms with Gasteiger partial charge in [-0.2, -0.15) is 0 Å². The quantitative estimate of drug-likeness (QED) is 0.642. The van der Waals surface area contributed by atoms with Gasteiger partial charge in [0.1, 0.15) is 0 Å². The normalized spacial score (nSPS) is 10.4. The fourth-order valence-corrected chi connectivity index (χ4v) is 2.81. The van der Waals surface area contributed by atoms with E-state index in [1.54, 1.807) is 12.1 Å². The van der Waals surface area contributed by atoms with Crippen molar-refractivity contribution in [3.8, 4) is 0 Å². The third-order valence-electron chi connectivity index (χ3n) is 4.48. The monoisotopic (exact) mass is 393 g/mol. The lowest BCUT2D eigenvalue weighted by molar-refractivity contribution is 0.102. The summed E-state index contributed by atoms with van der Waals surface area (Å²) in [6, 6.07) is 12.5. The van der Waals surface area contributed by atoms with Crippen LogP contribution in [0.5, 0.6) is 0 Å². The van der Waals surface area contributed by atoms with Crippen LogP contribution in [0.3, 0.4) is 0 Å². The molecule has 2 N–H and O–H groups in total. The van der Waals surface area contributed by atoms with E-state index >= 15 is 0 Å². The lowest BCUT2D eigenvalue weighted by Crippen LogP contribution is -2.16. The first-order valence-electron chi connectivity index (χ1n) is 8.74. The molecule has 2 amide bonds. The van der Waals surface area contributed by atoms with Crippen molar-refractivity contribution in [2.24, 2.45) is 0 Å². The van der Waals surface area contributed by atoms with E-state index in [2.05, 4.69) is 15.6 Å². The number of benzene rings is 2. The predicted octanol–water partition coefficient (Wildman–Crippen LogP) is 5.16. The molecule has 0 aliphatic heterocycles. The van der Waals surface area contributed by atoms with E-state index in [4.69, 9.17) is 11.6 Å². The van der Waals surface area contributed by atoms with E-state index in [1.807, 2.05) is 45.0 Å². The molecule has 0 saturated carbocycles. The molecule has 2 aromatic carbocycles. The lowest BCUT2D eigenvalue weighted by atomic mass is 10.1. The minimum Gasteiger partial charge on any atom is -0.322 e. The number of hydrogen-bond acceptors (Lipinski definition) is 3. The molecule has 3 rings (SSSR count). The molecule has 0 bridgehead atoms. The molecular weight excluding hydrogens is 374 g/mol. The lowest BCUT2D eigenvalue weighted by Gasteiger charge is -2.10. The van der Waals surface area contributed by atoms with E-state index in [0.717, 1.165) is 16.7 Å². The van der Waals surface area contributed by atoms with Crippen LogP contribution in [0.1, 0.15) is 37.4 Å². The zero-order valence-electron chi connectivity index (χ0n) is 15.8. The van der Waals surface area contributed by atoms with E-state index < -0.39 is 0 Å². The van der Waals surface area contributed by atoms with Gasteiger partial charge in [-0.05, 0) is 67.8 Å². The minimum atomic E-state index is -0.362.